The first-order valence-electron chi connectivity index (χ1n) is 6.02. The topological polar surface area (TPSA) is 98.5 Å². The van der Waals surface area contributed by atoms with E-state index in [9.17, 15) is 13.2 Å². The number of carbonyl (C=O) groups excluding carboxylic acids is 1. The Morgan fingerprint density at radius 3 is 2.81 bits per heavy atom. The normalized spacial score (nSPS) is 10.4. The number of hydrogen-bond acceptors (Lipinski definition) is 5. The van der Waals surface area contributed by atoms with Crippen molar-refractivity contribution in [3.63, 3.8) is 0 Å². The van der Waals surface area contributed by atoms with Gasteiger partial charge in [-0.25, -0.2) is 8.42 Å². The van der Waals surface area contributed by atoms with Gasteiger partial charge in [-0.05, 0) is 25.1 Å². The number of hydrogen-bond donors (Lipinski definition) is 2. The predicted octanol–water partition coefficient (Wildman–Crippen LogP) is 0.955. The molecule has 0 aromatic heterocycles. The van der Waals surface area contributed by atoms with E-state index in [0.29, 0.717) is 10.6 Å². The van der Waals surface area contributed by atoms with Crippen LogP contribution in [0.15, 0.2) is 18.2 Å². The first kappa shape index (κ1) is 17.3. The third-order valence-electron chi connectivity index (χ3n) is 2.19. The van der Waals surface area contributed by atoms with Gasteiger partial charge < -0.3 is 10.5 Å². The number of rotatable bonds is 5. The molecule has 6 nitrogen and oxygen atoms in total. The van der Waals surface area contributed by atoms with E-state index >= 15 is 0 Å². The van der Waals surface area contributed by atoms with Crippen LogP contribution >= 0.6 is 11.6 Å². The fourth-order valence-corrected chi connectivity index (χ4v) is 2.57. The molecule has 0 aliphatic carbocycles. The number of esters is 1. The molecule has 0 fully saturated rings. The van der Waals surface area contributed by atoms with Crippen LogP contribution in [0.5, 0.6) is 0 Å². The molecule has 1 aromatic rings. The molecule has 0 aliphatic heterocycles. The summed E-state index contributed by atoms with van der Waals surface area (Å²) in [6.45, 7) is 1.84. The Balaban J connectivity index is 2.99. The molecule has 0 radical (unpaired) electrons. The minimum atomic E-state index is -3.88. The van der Waals surface area contributed by atoms with Crippen molar-refractivity contribution in [2.45, 2.75) is 6.92 Å². The van der Waals surface area contributed by atoms with Gasteiger partial charge in [0.2, 0.25) is 10.0 Å². The standard InChI is InChI=1S/C13H15ClN2O4S/c1-2-20-13(17)9-21(18,19)16-12-6-5-11(14)8-10(12)4-3-7-15/h5-6,8,16H,2,7,9,15H2,1H3. The molecule has 1 aromatic carbocycles. The Morgan fingerprint density at radius 1 is 1.48 bits per heavy atom. The molecule has 0 saturated carbocycles. The van der Waals surface area contributed by atoms with E-state index in [1.54, 1.807) is 6.92 Å². The van der Waals surface area contributed by atoms with Crippen LogP contribution in [-0.4, -0.2) is 33.3 Å². The first-order valence-corrected chi connectivity index (χ1v) is 8.05. The lowest BCUT2D eigenvalue weighted by atomic mass is 10.2. The number of benzene rings is 1. The second kappa shape index (κ2) is 7.88. The number of ether oxygens (including phenoxy) is 1. The third kappa shape index (κ3) is 6.04. The quantitative estimate of drug-likeness (QED) is 0.619. The molecule has 3 N–H and O–H groups in total. The maximum Gasteiger partial charge on any atom is 0.323 e. The van der Waals surface area contributed by atoms with Gasteiger partial charge in [-0.1, -0.05) is 23.4 Å². The summed E-state index contributed by atoms with van der Waals surface area (Å²) in [6.07, 6.45) is 0. The Kier molecular flexibility index (Phi) is 6.49. The molecule has 8 heteroatoms. The zero-order valence-electron chi connectivity index (χ0n) is 11.3. The summed E-state index contributed by atoms with van der Waals surface area (Å²) in [4.78, 5) is 11.3. The molecule has 0 saturated heterocycles. The fraction of sp³-hybridized carbons (Fsp3) is 0.308. The van der Waals surface area contributed by atoms with Gasteiger partial charge in [0.15, 0.2) is 5.75 Å². The van der Waals surface area contributed by atoms with Crippen molar-refractivity contribution < 1.29 is 17.9 Å². The Hall–Kier alpha value is -1.75. The van der Waals surface area contributed by atoms with Crippen LogP contribution in [0, 0.1) is 11.8 Å². The SMILES string of the molecule is CCOC(=O)CS(=O)(=O)Nc1ccc(Cl)cc1C#CCN. The number of nitrogens with one attached hydrogen (secondary N) is 1. The summed E-state index contributed by atoms with van der Waals surface area (Å²) < 4.78 is 30.6. The van der Waals surface area contributed by atoms with Gasteiger partial charge in [0.25, 0.3) is 0 Å². The molecule has 21 heavy (non-hydrogen) atoms. The Bertz CT molecular complexity index is 677. The van der Waals surface area contributed by atoms with Crippen molar-refractivity contribution in [3.8, 4) is 11.8 Å². The van der Waals surface area contributed by atoms with E-state index < -0.39 is 21.7 Å². The lowest BCUT2D eigenvalue weighted by molar-refractivity contribution is -0.139. The highest BCUT2D eigenvalue weighted by Crippen LogP contribution is 2.21. The van der Waals surface area contributed by atoms with E-state index in [1.165, 1.54) is 18.2 Å². The number of anilines is 1. The van der Waals surface area contributed by atoms with Crippen molar-refractivity contribution in [1.29, 1.82) is 0 Å². The number of halogens is 1. The van der Waals surface area contributed by atoms with Crippen molar-refractivity contribution in [3.05, 3.63) is 28.8 Å². The van der Waals surface area contributed by atoms with E-state index in [1.807, 2.05) is 0 Å². The minimum Gasteiger partial charge on any atom is -0.465 e. The van der Waals surface area contributed by atoms with E-state index in [2.05, 4.69) is 21.3 Å². The maximum atomic E-state index is 11.9. The van der Waals surface area contributed by atoms with Crippen molar-refractivity contribution in [2.75, 3.05) is 23.6 Å². The summed E-state index contributed by atoms with van der Waals surface area (Å²) >= 11 is 5.84. The molecule has 0 amide bonds. The molecule has 114 valence electrons. The van der Waals surface area contributed by atoms with Gasteiger partial charge in [-0.2, -0.15) is 0 Å². The van der Waals surface area contributed by atoms with Crippen molar-refractivity contribution >= 4 is 33.3 Å². The average molecular weight is 331 g/mol. The highest BCUT2D eigenvalue weighted by atomic mass is 35.5. The zero-order valence-corrected chi connectivity index (χ0v) is 12.9. The third-order valence-corrected chi connectivity index (χ3v) is 3.57. The number of carbonyl (C=O) groups is 1. The van der Waals surface area contributed by atoms with Gasteiger partial charge >= 0.3 is 5.97 Å². The van der Waals surface area contributed by atoms with Crippen LogP contribution in [0.25, 0.3) is 0 Å². The Labute approximate surface area is 128 Å². The summed E-state index contributed by atoms with van der Waals surface area (Å²) in [6, 6.07) is 4.48. The smallest absolute Gasteiger partial charge is 0.323 e. The highest BCUT2D eigenvalue weighted by Gasteiger charge is 2.18. The lowest BCUT2D eigenvalue weighted by Gasteiger charge is -2.09. The van der Waals surface area contributed by atoms with E-state index in [0.717, 1.165) is 0 Å². The molecule has 0 spiro atoms. The van der Waals surface area contributed by atoms with Gasteiger partial charge in [0, 0.05) is 5.02 Å². The molecule has 1 rings (SSSR count). The summed E-state index contributed by atoms with van der Waals surface area (Å²) in [5.74, 6) is 3.73. The highest BCUT2D eigenvalue weighted by molar-refractivity contribution is 7.93. The largest absolute Gasteiger partial charge is 0.465 e. The second-order valence-electron chi connectivity index (χ2n) is 3.86. The predicted molar refractivity (Wildman–Crippen MR) is 81.4 cm³/mol. The maximum absolute atomic E-state index is 11.9. The monoisotopic (exact) mass is 330 g/mol. The molecular weight excluding hydrogens is 316 g/mol. The number of sulfonamides is 1. The van der Waals surface area contributed by atoms with Crippen LogP contribution in [0.1, 0.15) is 12.5 Å². The lowest BCUT2D eigenvalue weighted by Crippen LogP contribution is -2.24. The summed E-state index contributed by atoms with van der Waals surface area (Å²) in [7, 11) is -3.88. The first-order chi connectivity index (χ1) is 9.88. The summed E-state index contributed by atoms with van der Waals surface area (Å²) in [5.41, 5.74) is 5.89. The molecule has 0 bridgehead atoms. The van der Waals surface area contributed by atoms with Crippen molar-refractivity contribution in [1.82, 2.24) is 0 Å². The Morgan fingerprint density at radius 2 is 2.19 bits per heavy atom. The van der Waals surface area contributed by atoms with Gasteiger partial charge in [-0.15, -0.1) is 0 Å². The van der Waals surface area contributed by atoms with E-state index in [-0.39, 0.29) is 18.8 Å². The number of nitrogens with two attached hydrogens (primary N) is 1. The van der Waals surface area contributed by atoms with Crippen molar-refractivity contribution in [2.24, 2.45) is 5.73 Å². The van der Waals surface area contributed by atoms with Gasteiger partial charge in [-0.3, -0.25) is 9.52 Å². The van der Waals surface area contributed by atoms with Crippen LogP contribution in [0.4, 0.5) is 5.69 Å². The van der Waals surface area contributed by atoms with E-state index in [4.69, 9.17) is 17.3 Å². The fourth-order valence-electron chi connectivity index (χ4n) is 1.42. The van der Waals surface area contributed by atoms with Gasteiger partial charge in [0.1, 0.15) is 0 Å². The summed E-state index contributed by atoms with van der Waals surface area (Å²) in [5, 5.41) is 0.407. The van der Waals surface area contributed by atoms with Crippen LogP contribution in [0.3, 0.4) is 0 Å². The molecule has 0 atom stereocenters. The zero-order chi connectivity index (χ0) is 15.9. The molecule has 0 unspecified atom stereocenters. The molecular formula is C13H15ClN2O4S. The van der Waals surface area contributed by atoms with Crippen LogP contribution in [-0.2, 0) is 19.6 Å². The van der Waals surface area contributed by atoms with Gasteiger partial charge in [0.05, 0.1) is 24.4 Å². The molecule has 0 aliphatic rings. The second-order valence-corrected chi connectivity index (χ2v) is 6.02. The minimum absolute atomic E-state index is 0.114. The van der Waals surface area contributed by atoms with Crippen LogP contribution in [0.2, 0.25) is 5.02 Å². The van der Waals surface area contributed by atoms with Crippen LogP contribution < -0.4 is 10.5 Å². The average Bonchev–Trinajstić information content (AvgIpc) is 2.38. The molecule has 0 heterocycles.